The Balaban J connectivity index is 3.14. The molecule has 0 saturated carbocycles. The van der Waals surface area contributed by atoms with Gasteiger partial charge in [-0.05, 0) is 39.0 Å². The van der Waals surface area contributed by atoms with E-state index >= 15 is 0 Å². The minimum Gasteiger partial charge on any atom is -0.508 e. The fourth-order valence-electron chi connectivity index (χ4n) is 2.40. The number of rotatable bonds is 5. The van der Waals surface area contributed by atoms with Gasteiger partial charge in [-0.2, -0.15) is 0 Å². The first kappa shape index (κ1) is 19.8. The Hall–Kier alpha value is -2.28. The topological polar surface area (TPSA) is 105 Å². The maximum absolute atomic E-state index is 11.9. The van der Waals surface area contributed by atoms with Gasteiger partial charge in [0.05, 0.1) is 0 Å². The van der Waals surface area contributed by atoms with Gasteiger partial charge in [0.2, 0.25) is 0 Å². The molecule has 0 aromatic heterocycles. The lowest BCUT2D eigenvalue weighted by Gasteiger charge is -2.31. The molecule has 1 atom stereocenters. The van der Waals surface area contributed by atoms with Crippen LogP contribution in [0.25, 0.3) is 0 Å². The van der Waals surface area contributed by atoms with Crippen LogP contribution in [0.5, 0.6) is 5.75 Å². The standard InChI is InChI=1S/C17H25NO6/c1-16(2,3)24-15(22)18-10-7-8-12(19)11(9-10)17(4,5)13(23-6)14(20)21/h7-9,13,19H,1-6H3,(H,18,22)(H,20,21). The third-order valence-electron chi connectivity index (χ3n) is 3.45. The molecule has 0 saturated heterocycles. The third-order valence-corrected chi connectivity index (χ3v) is 3.45. The van der Waals surface area contributed by atoms with Crippen molar-refractivity contribution in [3.8, 4) is 5.75 Å². The first-order chi connectivity index (χ1) is 10.9. The van der Waals surface area contributed by atoms with Crippen molar-refractivity contribution in [2.24, 2.45) is 0 Å². The fraction of sp³-hybridized carbons (Fsp3) is 0.529. The average molecular weight is 339 g/mol. The lowest BCUT2D eigenvalue weighted by atomic mass is 9.78. The van der Waals surface area contributed by atoms with Crippen LogP contribution in [0.4, 0.5) is 10.5 Å². The smallest absolute Gasteiger partial charge is 0.412 e. The third kappa shape index (κ3) is 4.86. The van der Waals surface area contributed by atoms with Crippen LogP contribution < -0.4 is 5.32 Å². The molecular weight excluding hydrogens is 314 g/mol. The number of methoxy groups -OCH3 is 1. The number of ether oxygens (including phenoxy) is 2. The van der Waals surface area contributed by atoms with Gasteiger partial charge in [0.25, 0.3) is 0 Å². The van der Waals surface area contributed by atoms with Gasteiger partial charge in [-0.15, -0.1) is 0 Å². The van der Waals surface area contributed by atoms with Crippen LogP contribution in [0.3, 0.4) is 0 Å². The second-order valence-corrected chi connectivity index (χ2v) is 7.03. The lowest BCUT2D eigenvalue weighted by molar-refractivity contribution is -0.152. The van der Waals surface area contributed by atoms with Crippen LogP contribution in [0.1, 0.15) is 40.2 Å². The largest absolute Gasteiger partial charge is 0.508 e. The summed E-state index contributed by atoms with van der Waals surface area (Å²) in [7, 11) is 1.29. The highest BCUT2D eigenvalue weighted by molar-refractivity contribution is 5.85. The summed E-state index contributed by atoms with van der Waals surface area (Å²) in [5.41, 5.74) is -0.959. The molecule has 24 heavy (non-hydrogen) atoms. The zero-order chi connectivity index (χ0) is 18.7. The first-order valence-corrected chi connectivity index (χ1v) is 7.47. The highest BCUT2D eigenvalue weighted by Crippen LogP contribution is 2.37. The lowest BCUT2D eigenvalue weighted by Crippen LogP contribution is -2.41. The molecule has 1 aromatic rings. The molecule has 0 spiro atoms. The summed E-state index contributed by atoms with van der Waals surface area (Å²) in [6.45, 7) is 8.51. The number of carboxylic acids is 1. The summed E-state index contributed by atoms with van der Waals surface area (Å²) >= 11 is 0. The SMILES string of the molecule is COC(C(=O)O)C(C)(C)c1cc(NC(=O)OC(C)(C)C)ccc1O. The number of phenols is 1. The zero-order valence-electron chi connectivity index (χ0n) is 14.8. The number of amides is 1. The van der Waals surface area contributed by atoms with E-state index in [2.05, 4.69) is 5.32 Å². The van der Waals surface area contributed by atoms with Crippen LogP contribution in [0.2, 0.25) is 0 Å². The summed E-state index contributed by atoms with van der Waals surface area (Å²) in [5.74, 6) is -1.23. The number of aliphatic carboxylic acids is 1. The van der Waals surface area contributed by atoms with E-state index in [1.807, 2.05) is 0 Å². The van der Waals surface area contributed by atoms with Crippen molar-refractivity contribution in [1.29, 1.82) is 0 Å². The molecule has 0 fully saturated rings. The van der Waals surface area contributed by atoms with Gasteiger partial charge >= 0.3 is 12.1 Å². The van der Waals surface area contributed by atoms with Gasteiger partial charge in [0, 0.05) is 23.8 Å². The highest BCUT2D eigenvalue weighted by atomic mass is 16.6. The number of carbonyl (C=O) groups is 2. The maximum atomic E-state index is 11.9. The molecular formula is C17H25NO6. The van der Waals surface area contributed by atoms with Gasteiger partial charge in [0.1, 0.15) is 11.4 Å². The average Bonchev–Trinajstić information content (AvgIpc) is 2.38. The Kier molecular flexibility index (Phi) is 5.84. The molecule has 0 bridgehead atoms. The minimum atomic E-state index is -1.17. The van der Waals surface area contributed by atoms with Gasteiger partial charge in [-0.3, -0.25) is 5.32 Å². The number of carboxylic acid groups (broad SMARTS) is 1. The van der Waals surface area contributed by atoms with E-state index in [0.717, 1.165) is 0 Å². The van der Waals surface area contributed by atoms with E-state index in [9.17, 15) is 19.8 Å². The van der Waals surface area contributed by atoms with Crippen LogP contribution in [-0.4, -0.2) is 41.1 Å². The Morgan fingerprint density at radius 3 is 2.21 bits per heavy atom. The van der Waals surface area contributed by atoms with Gasteiger partial charge in [-0.1, -0.05) is 13.8 Å². The predicted molar refractivity (Wildman–Crippen MR) is 89.4 cm³/mol. The summed E-state index contributed by atoms with van der Waals surface area (Å²) in [6.07, 6.45) is -1.81. The van der Waals surface area contributed by atoms with Gasteiger partial charge in [-0.25, -0.2) is 9.59 Å². The summed E-state index contributed by atoms with van der Waals surface area (Å²) in [6, 6.07) is 4.40. The Labute approximate surface area is 141 Å². The van der Waals surface area contributed by atoms with Crippen LogP contribution in [0, 0.1) is 0 Å². The number of benzene rings is 1. The summed E-state index contributed by atoms with van der Waals surface area (Å²) in [5, 5.41) is 22.0. The normalized spacial score (nSPS) is 13.2. The second kappa shape index (κ2) is 7.09. The van der Waals surface area contributed by atoms with Gasteiger partial charge in [0.15, 0.2) is 6.10 Å². The van der Waals surface area contributed by atoms with E-state index < -0.39 is 29.2 Å². The van der Waals surface area contributed by atoms with Gasteiger partial charge < -0.3 is 19.7 Å². The molecule has 1 unspecified atom stereocenters. The van der Waals surface area contributed by atoms with Crippen LogP contribution >= 0.6 is 0 Å². The number of hydrogen-bond donors (Lipinski definition) is 3. The van der Waals surface area contributed by atoms with Crippen molar-refractivity contribution in [3.63, 3.8) is 0 Å². The van der Waals surface area contributed by atoms with Crippen molar-refractivity contribution in [2.45, 2.75) is 51.7 Å². The molecule has 0 aliphatic carbocycles. The van der Waals surface area contributed by atoms with E-state index in [1.54, 1.807) is 34.6 Å². The van der Waals surface area contributed by atoms with E-state index in [4.69, 9.17) is 9.47 Å². The van der Waals surface area contributed by atoms with Crippen LogP contribution in [0.15, 0.2) is 18.2 Å². The molecule has 0 heterocycles. The Morgan fingerprint density at radius 2 is 1.75 bits per heavy atom. The second-order valence-electron chi connectivity index (χ2n) is 7.03. The predicted octanol–water partition coefficient (Wildman–Crippen LogP) is 3.12. The van der Waals surface area contributed by atoms with Crippen molar-refractivity contribution in [1.82, 2.24) is 0 Å². The number of hydrogen-bond acceptors (Lipinski definition) is 5. The van der Waals surface area contributed by atoms with E-state index in [-0.39, 0.29) is 5.75 Å². The van der Waals surface area contributed by atoms with Crippen molar-refractivity contribution < 1.29 is 29.3 Å². The summed E-state index contributed by atoms with van der Waals surface area (Å²) in [4.78, 5) is 23.2. The monoisotopic (exact) mass is 339 g/mol. The zero-order valence-corrected chi connectivity index (χ0v) is 14.8. The number of phenolic OH excluding ortho intramolecular Hbond substituents is 1. The molecule has 134 valence electrons. The number of nitrogens with one attached hydrogen (secondary N) is 1. The molecule has 7 heteroatoms. The molecule has 0 aliphatic rings. The molecule has 3 N–H and O–H groups in total. The van der Waals surface area contributed by atoms with E-state index in [0.29, 0.717) is 11.3 Å². The Bertz CT molecular complexity index is 618. The molecule has 0 radical (unpaired) electrons. The minimum absolute atomic E-state index is 0.0851. The number of aromatic hydroxyl groups is 1. The van der Waals surface area contributed by atoms with Crippen molar-refractivity contribution >= 4 is 17.7 Å². The Morgan fingerprint density at radius 1 is 1.17 bits per heavy atom. The number of anilines is 1. The quantitative estimate of drug-likeness (QED) is 0.712. The molecule has 1 rings (SSSR count). The highest BCUT2D eigenvalue weighted by Gasteiger charge is 2.39. The first-order valence-electron chi connectivity index (χ1n) is 7.47. The number of carbonyl (C=O) groups excluding carboxylic acids is 1. The maximum Gasteiger partial charge on any atom is 0.412 e. The van der Waals surface area contributed by atoms with Crippen LogP contribution in [-0.2, 0) is 19.7 Å². The molecule has 1 aromatic carbocycles. The van der Waals surface area contributed by atoms with Crippen molar-refractivity contribution in [2.75, 3.05) is 12.4 Å². The summed E-state index contributed by atoms with van der Waals surface area (Å²) < 4.78 is 10.2. The molecule has 7 nitrogen and oxygen atoms in total. The van der Waals surface area contributed by atoms with Crippen molar-refractivity contribution in [3.05, 3.63) is 23.8 Å². The fourth-order valence-corrected chi connectivity index (χ4v) is 2.40. The molecule has 0 aliphatic heterocycles. The molecule has 1 amide bonds. The van der Waals surface area contributed by atoms with E-state index in [1.165, 1.54) is 25.3 Å².